The fourth-order valence-electron chi connectivity index (χ4n) is 2.68. The van der Waals surface area contributed by atoms with E-state index in [4.69, 9.17) is 9.47 Å². The first-order valence-corrected chi connectivity index (χ1v) is 10.2. The molecule has 0 aliphatic heterocycles. The molecule has 0 aliphatic rings. The van der Waals surface area contributed by atoms with Gasteiger partial charge >= 0.3 is 0 Å². The van der Waals surface area contributed by atoms with Gasteiger partial charge in [0.05, 0.1) is 25.0 Å². The van der Waals surface area contributed by atoms with Crippen molar-refractivity contribution in [2.45, 2.75) is 19.8 Å². The Morgan fingerprint density at radius 2 is 2.00 bits per heavy atom. The van der Waals surface area contributed by atoms with E-state index >= 15 is 0 Å². The van der Waals surface area contributed by atoms with Gasteiger partial charge < -0.3 is 9.47 Å². The highest BCUT2D eigenvalue weighted by atomic mass is 32.1. The third-order valence-corrected chi connectivity index (χ3v) is 5.12. The van der Waals surface area contributed by atoms with E-state index in [2.05, 4.69) is 18.0 Å². The summed E-state index contributed by atoms with van der Waals surface area (Å²) in [6.45, 7) is 2.74. The van der Waals surface area contributed by atoms with Gasteiger partial charge in [-0.3, -0.25) is 0 Å². The lowest BCUT2D eigenvalue weighted by Gasteiger charge is -2.11. The highest BCUT2D eigenvalue weighted by Crippen LogP contribution is 2.31. The lowest BCUT2D eigenvalue weighted by molar-refractivity contribution is 0.288. The molecule has 0 spiro atoms. The SMILES string of the molecule is CCCCOc1ccc(C=C(C#N)c2nc(-c3ccc(F)cc3)cs2)cc1OC. The molecule has 2 aromatic carbocycles. The van der Waals surface area contributed by atoms with Gasteiger partial charge in [0.25, 0.3) is 0 Å². The number of rotatable bonds is 8. The Labute approximate surface area is 173 Å². The van der Waals surface area contributed by atoms with Crippen LogP contribution in [0.15, 0.2) is 47.8 Å². The summed E-state index contributed by atoms with van der Waals surface area (Å²) < 4.78 is 24.3. The van der Waals surface area contributed by atoms with Crippen LogP contribution in [-0.2, 0) is 0 Å². The maximum absolute atomic E-state index is 13.1. The van der Waals surface area contributed by atoms with Crippen molar-refractivity contribution in [3.05, 3.63) is 64.2 Å². The predicted octanol–water partition coefficient (Wildman–Crippen LogP) is 6.20. The first kappa shape index (κ1) is 20.6. The molecule has 0 amide bonds. The Bertz CT molecular complexity index is 1040. The van der Waals surface area contributed by atoms with Crippen LogP contribution >= 0.6 is 11.3 Å². The van der Waals surface area contributed by atoms with Crippen LogP contribution in [0.3, 0.4) is 0 Å². The highest BCUT2D eigenvalue weighted by molar-refractivity contribution is 7.11. The first-order chi connectivity index (χ1) is 14.1. The lowest BCUT2D eigenvalue weighted by atomic mass is 10.1. The number of ether oxygens (including phenoxy) is 2. The van der Waals surface area contributed by atoms with Crippen LogP contribution in [0.2, 0.25) is 0 Å². The van der Waals surface area contributed by atoms with Crippen LogP contribution in [0, 0.1) is 17.1 Å². The van der Waals surface area contributed by atoms with E-state index in [1.807, 2.05) is 23.6 Å². The molecule has 0 aliphatic carbocycles. The van der Waals surface area contributed by atoms with Crippen LogP contribution in [0.4, 0.5) is 4.39 Å². The van der Waals surface area contributed by atoms with Crippen molar-refractivity contribution in [2.24, 2.45) is 0 Å². The van der Waals surface area contributed by atoms with E-state index in [9.17, 15) is 9.65 Å². The molecule has 0 bridgehead atoms. The number of allylic oxidation sites excluding steroid dienone is 1. The molecule has 1 heterocycles. The normalized spacial score (nSPS) is 11.2. The largest absolute Gasteiger partial charge is 0.493 e. The van der Waals surface area contributed by atoms with Crippen molar-refractivity contribution in [3.8, 4) is 28.8 Å². The number of methoxy groups -OCH3 is 1. The molecule has 0 radical (unpaired) electrons. The molecule has 0 atom stereocenters. The summed E-state index contributed by atoms with van der Waals surface area (Å²) in [5.41, 5.74) is 2.79. The molecule has 6 heteroatoms. The molecule has 0 saturated heterocycles. The van der Waals surface area contributed by atoms with Gasteiger partial charge in [0.1, 0.15) is 16.9 Å². The van der Waals surface area contributed by atoms with Crippen LogP contribution < -0.4 is 9.47 Å². The van der Waals surface area contributed by atoms with Crippen molar-refractivity contribution in [3.63, 3.8) is 0 Å². The van der Waals surface area contributed by atoms with Crippen LogP contribution in [0.5, 0.6) is 11.5 Å². The maximum Gasteiger partial charge on any atom is 0.161 e. The molecule has 3 rings (SSSR count). The Morgan fingerprint density at radius 1 is 1.21 bits per heavy atom. The predicted molar refractivity (Wildman–Crippen MR) is 114 cm³/mol. The number of nitrogens with zero attached hydrogens (tertiary/aromatic N) is 2. The van der Waals surface area contributed by atoms with Gasteiger partial charge in [-0.15, -0.1) is 11.3 Å². The minimum Gasteiger partial charge on any atom is -0.493 e. The number of aromatic nitrogens is 1. The molecule has 29 heavy (non-hydrogen) atoms. The number of benzene rings is 2. The second-order valence-corrected chi connectivity index (χ2v) is 7.19. The van der Waals surface area contributed by atoms with Crippen molar-refractivity contribution >= 4 is 23.0 Å². The van der Waals surface area contributed by atoms with E-state index in [0.29, 0.717) is 34.4 Å². The molecule has 148 valence electrons. The molecule has 1 aromatic heterocycles. The number of unbranched alkanes of at least 4 members (excludes halogenated alkanes) is 1. The van der Waals surface area contributed by atoms with E-state index in [0.717, 1.165) is 24.0 Å². The third-order valence-electron chi connectivity index (χ3n) is 4.25. The standard InChI is InChI=1S/C23H21FN2O2S/c1-3-4-11-28-21-10-5-16(13-22(21)27-2)12-18(14-25)23-26-20(15-29-23)17-6-8-19(24)9-7-17/h5-10,12-13,15H,3-4,11H2,1-2H3. The highest BCUT2D eigenvalue weighted by Gasteiger charge is 2.11. The zero-order valence-corrected chi connectivity index (χ0v) is 17.1. The van der Waals surface area contributed by atoms with Crippen LogP contribution in [0.1, 0.15) is 30.3 Å². The minimum atomic E-state index is -0.294. The van der Waals surface area contributed by atoms with Gasteiger partial charge in [0.2, 0.25) is 0 Å². The smallest absolute Gasteiger partial charge is 0.161 e. The molecular weight excluding hydrogens is 387 g/mol. The number of nitriles is 1. The van der Waals surface area contributed by atoms with Crippen LogP contribution in [0.25, 0.3) is 22.9 Å². The number of hydrogen-bond donors (Lipinski definition) is 0. The fraction of sp³-hybridized carbons (Fsp3) is 0.217. The van der Waals surface area contributed by atoms with Crippen molar-refractivity contribution in [2.75, 3.05) is 13.7 Å². The monoisotopic (exact) mass is 408 g/mol. The van der Waals surface area contributed by atoms with E-state index in [1.165, 1.54) is 23.5 Å². The second kappa shape index (κ2) is 9.85. The lowest BCUT2D eigenvalue weighted by Crippen LogP contribution is -1.99. The molecule has 0 unspecified atom stereocenters. The van der Waals surface area contributed by atoms with E-state index in [-0.39, 0.29) is 5.82 Å². The molecule has 4 nitrogen and oxygen atoms in total. The summed E-state index contributed by atoms with van der Waals surface area (Å²) in [5.74, 6) is 1.01. The second-order valence-electron chi connectivity index (χ2n) is 6.33. The fourth-order valence-corrected chi connectivity index (χ4v) is 3.47. The Morgan fingerprint density at radius 3 is 2.69 bits per heavy atom. The Hall–Kier alpha value is -3.17. The average Bonchev–Trinajstić information content (AvgIpc) is 3.23. The number of halogens is 1. The van der Waals surface area contributed by atoms with Crippen molar-refractivity contribution in [1.29, 1.82) is 5.26 Å². The number of thiazole rings is 1. The minimum absolute atomic E-state index is 0.294. The van der Waals surface area contributed by atoms with Gasteiger partial charge in [-0.05, 0) is 54.5 Å². The van der Waals surface area contributed by atoms with E-state index < -0.39 is 0 Å². The zero-order valence-electron chi connectivity index (χ0n) is 16.3. The Kier molecular flexibility index (Phi) is 6.99. The summed E-state index contributed by atoms with van der Waals surface area (Å²) >= 11 is 1.38. The third kappa shape index (κ3) is 5.21. The molecule has 0 saturated carbocycles. The Balaban J connectivity index is 1.84. The summed E-state index contributed by atoms with van der Waals surface area (Å²) in [7, 11) is 1.59. The van der Waals surface area contributed by atoms with Crippen molar-refractivity contribution in [1.82, 2.24) is 4.98 Å². The summed E-state index contributed by atoms with van der Waals surface area (Å²) in [4.78, 5) is 4.54. The van der Waals surface area contributed by atoms with Gasteiger partial charge in [-0.2, -0.15) is 5.26 Å². The summed E-state index contributed by atoms with van der Waals surface area (Å²) in [6.07, 6.45) is 3.80. The number of hydrogen-bond acceptors (Lipinski definition) is 5. The summed E-state index contributed by atoms with van der Waals surface area (Å²) in [6, 6.07) is 13.9. The van der Waals surface area contributed by atoms with E-state index in [1.54, 1.807) is 25.3 Å². The quantitative estimate of drug-likeness (QED) is 0.329. The van der Waals surface area contributed by atoms with Gasteiger partial charge in [-0.1, -0.05) is 19.4 Å². The van der Waals surface area contributed by atoms with Crippen LogP contribution in [-0.4, -0.2) is 18.7 Å². The van der Waals surface area contributed by atoms with Gasteiger partial charge in [-0.25, -0.2) is 9.37 Å². The zero-order chi connectivity index (χ0) is 20.6. The molecule has 0 N–H and O–H groups in total. The molecule has 3 aromatic rings. The molecular formula is C23H21FN2O2S. The topological polar surface area (TPSA) is 55.1 Å². The van der Waals surface area contributed by atoms with Gasteiger partial charge in [0, 0.05) is 10.9 Å². The summed E-state index contributed by atoms with van der Waals surface area (Å²) in [5, 5.41) is 12.1. The van der Waals surface area contributed by atoms with Crippen molar-refractivity contribution < 1.29 is 13.9 Å². The maximum atomic E-state index is 13.1. The first-order valence-electron chi connectivity index (χ1n) is 9.29. The molecule has 0 fully saturated rings. The van der Waals surface area contributed by atoms with Gasteiger partial charge in [0.15, 0.2) is 11.5 Å². The average molecular weight is 408 g/mol.